The van der Waals surface area contributed by atoms with Crippen molar-refractivity contribution in [3.05, 3.63) is 41.3 Å². The Morgan fingerprint density at radius 2 is 2.04 bits per heavy atom. The van der Waals surface area contributed by atoms with Gasteiger partial charge in [-0.2, -0.15) is 0 Å². The van der Waals surface area contributed by atoms with E-state index in [-0.39, 0.29) is 5.82 Å². The second kappa shape index (κ2) is 8.71. The maximum Gasteiger partial charge on any atom is 0.277 e. The number of pyridine rings is 1. The first kappa shape index (κ1) is 20.5. The van der Waals surface area contributed by atoms with E-state index in [2.05, 4.69) is 15.1 Å². The summed E-state index contributed by atoms with van der Waals surface area (Å²) in [6.45, 7) is -1.10. The summed E-state index contributed by atoms with van der Waals surface area (Å²) in [4.78, 5) is 20.7. The maximum absolute atomic E-state index is 14.3. The third-order valence-corrected chi connectivity index (χ3v) is 3.40. The minimum absolute atomic E-state index is 0.0692. The fraction of sp³-hybridized carbons (Fsp3) is 0.200. The van der Waals surface area contributed by atoms with E-state index in [0.29, 0.717) is 17.2 Å². The summed E-state index contributed by atoms with van der Waals surface area (Å²) in [7, 11) is 1.59. The van der Waals surface area contributed by atoms with Crippen molar-refractivity contribution < 1.29 is 33.0 Å². The van der Waals surface area contributed by atoms with Gasteiger partial charge >= 0.3 is 0 Å². The van der Waals surface area contributed by atoms with Gasteiger partial charge in [-0.25, -0.2) is 23.6 Å². The normalized spacial score (nSPS) is 11.9. The predicted molar refractivity (Wildman–Crippen MR) is 92.9 cm³/mol. The summed E-state index contributed by atoms with van der Waals surface area (Å²) < 4.78 is 41.5. The largest absolute Gasteiger partial charge is 0.397 e. The number of halogens is 3. The molecule has 0 spiro atoms. The maximum atomic E-state index is 14.3. The fourth-order valence-electron chi connectivity index (χ4n) is 2.05. The number of amides is 1. The highest BCUT2D eigenvalue weighted by Crippen LogP contribution is 2.27. The second-order valence-electron chi connectivity index (χ2n) is 5.55. The number of hydroxylamine groups is 1. The van der Waals surface area contributed by atoms with E-state index < -0.39 is 53.9 Å². The van der Waals surface area contributed by atoms with Crippen LogP contribution in [-0.2, 0) is 4.84 Å². The third kappa shape index (κ3) is 4.87. The smallest absolute Gasteiger partial charge is 0.277 e. The fourth-order valence-corrected chi connectivity index (χ4v) is 2.05. The lowest BCUT2D eigenvalue weighted by Gasteiger charge is -2.15. The highest BCUT2D eigenvalue weighted by Gasteiger charge is 2.24. The number of nitrogens with zero attached hydrogens (tertiary/aromatic N) is 1. The number of carbonyl (C=O) groups is 1. The molecule has 0 saturated heterocycles. The minimum Gasteiger partial charge on any atom is -0.397 e. The van der Waals surface area contributed by atoms with Crippen molar-refractivity contribution >= 4 is 36.4 Å². The Bertz CT molecular complexity index is 856. The van der Waals surface area contributed by atoms with Gasteiger partial charge in [-0.05, 0) is 17.6 Å². The van der Waals surface area contributed by atoms with Crippen LogP contribution >= 0.6 is 0 Å². The predicted octanol–water partition coefficient (Wildman–Crippen LogP) is -0.902. The van der Waals surface area contributed by atoms with Crippen LogP contribution in [0.4, 0.5) is 30.4 Å². The van der Waals surface area contributed by atoms with Crippen LogP contribution < -0.4 is 22.0 Å². The Balaban J connectivity index is 2.34. The highest BCUT2D eigenvalue weighted by molar-refractivity contribution is 6.35. The molecule has 0 aliphatic rings. The van der Waals surface area contributed by atoms with Crippen LogP contribution in [0.5, 0.6) is 0 Å². The Morgan fingerprint density at radius 3 is 2.67 bits per heavy atom. The van der Waals surface area contributed by atoms with Gasteiger partial charge in [0.05, 0.1) is 24.1 Å². The van der Waals surface area contributed by atoms with Crippen molar-refractivity contribution in [3.63, 3.8) is 0 Å². The van der Waals surface area contributed by atoms with E-state index in [1.165, 1.54) is 12.3 Å². The molecule has 2 aromatic rings. The molecular weight excluding hydrogens is 368 g/mol. The molecule has 1 heterocycles. The van der Waals surface area contributed by atoms with Crippen molar-refractivity contribution in [2.24, 2.45) is 0 Å². The van der Waals surface area contributed by atoms with Crippen LogP contribution in [0.25, 0.3) is 0 Å². The van der Waals surface area contributed by atoms with Crippen molar-refractivity contribution in [1.29, 1.82) is 0 Å². The Morgan fingerprint density at radius 1 is 1.33 bits per heavy atom. The molecule has 1 atom stereocenters. The molecule has 6 N–H and O–H groups in total. The van der Waals surface area contributed by atoms with Crippen LogP contribution in [0.2, 0.25) is 0 Å². The number of benzene rings is 1. The molecule has 12 heteroatoms. The van der Waals surface area contributed by atoms with Gasteiger partial charge in [-0.3, -0.25) is 9.63 Å². The summed E-state index contributed by atoms with van der Waals surface area (Å²) in [6.07, 6.45) is -0.0158. The molecule has 27 heavy (non-hydrogen) atoms. The number of hydrogen-bond acceptors (Lipinski definition) is 7. The lowest BCUT2D eigenvalue weighted by molar-refractivity contribution is -0.0295. The van der Waals surface area contributed by atoms with Crippen LogP contribution in [0.1, 0.15) is 10.4 Å². The number of anilines is 3. The lowest BCUT2D eigenvalue weighted by atomic mass is 9.96. The van der Waals surface area contributed by atoms with Crippen LogP contribution in [0, 0.1) is 17.5 Å². The summed E-state index contributed by atoms with van der Waals surface area (Å²) in [6, 6.07) is 1.99. The number of nitrogens with one attached hydrogen (secondary N) is 2. The summed E-state index contributed by atoms with van der Waals surface area (Å²) >= 11 is 0. The van der Waals surface area contributed by atoms with E-state index in [9.17, 15) is 18.0 Å². The molecule has 0 aliphatic heterocycles. The molecule has 0 radical (unpaired) electrons. The lowest BCUT2D eigenvalue weighted by Crippen LogP contribution is -2.30. The number of aliphatic hydroxyl groups excluding tert-OH is 2. The zero-order chi connectivity index (χ0) is 20.1. The summed E-state index contributed by atoms with van der Waals surface area (Å²) in [5.41, 5.74) is 6.93. The number of rotatable bonds is 7. The molecule has 1 amide bonds. The number of carbonyl (C=O) groups excluding carboxylic acids is 1. The number of nitrogen functional groups attached to an aromatic ring is 1. The molecule has 0 fully saturated rings. The summed E-state index contributed by atoms with van der Waals surface area (Å²) in [5.74, 6) is -6.04. The van der Waals surface area contributed by atoms with Crippen LogP contribution in [0.15, 0.2) is 18.3 Å². The third-order valence-electron chi connectivity index (χ3n) is 3.40. The van der Waals surface area contributed by atoms with E-state index in [1.54, 1.807) is 7.85 Å². The number of aliphatic hydroxyl groups is 2. The molecule has 0 aliphatic carbocycles. The molecule has 1 aromatic heterocycles. The molecule has 0 saturated carbocycles. The quantitative estimate of drug-likeness (QED) is 0.238. The zero-order valence-corrected chi connectivity index (χ0v) is 14.1. The number of nitrogens with two attached hydrogens (primary N) is 1. The average Bonchev–Trinajstić information content (AvgIpc) is 2.63. The molecular formula is C15H16BF3N4O4. The topological polar surface area (TPSA) is 130 Å². The Kier molecular flexibility index (Phi) is 6.61. The Hall–Kier alpha value is -2.83. The molecule has 144 valence electrons. The number of aromatic nitrogens is 1. The van der Waals surface area contributed by atoms with Gasteiger partial charge in [0.2, 0.25) is 0 Å². The van der Waals surface area contributed by atoms with E-state index in [4.69, 9.17) is 15.9 Å². The highest BCUT2D eigenvalue weighted by atomic mass is 19.2. The molecule has 0 unspecified atom stereocenters. The molecule has 0 bridgehead atoms. The first-order valence-corrected chi connectivity index (χ1v) is 7.62. The second-order valence-corrected chi connectivity index (χ2v) is 5.55. The Labute approximate surface area is 152 Å². The molecule has 2 rings (SSSR count). The van der Waals surface area contributed by atoms with Crippen molar-refractivity contribution in [2.45, 2.75) is 6.10 Å². The van der Waals surface area contributed by atoms with E-state index >= 15 is 0 Å². The minimum atomic E-state index is -1.78. The average molecular weight is 384 g/mol. The van der Waals surface area contributed by atoms with Gasteiger partial charge in [0.1, 0.15) is 26.4 Å². The van der Waals surface area contributed by atoms with Crippen molar-refractivity contribution in [1.82, 2.24) is 10.5 Å². The van der Waals surface area contributed by atoms with Crippen LogP contribution in [0.3, 0.4) is 0 Å². The standard InChI is InChI=1S/C15H16BF3N4O4/c16-9-1-6(20)3-21-14(9)22-13-8(2-10(17)11(18)12(13)19)15(26)23-27-5-7(25)4-24/h1-3,7,24-25H,4-5,16,20H2,(H,21,22)(H,23,26)/t7-/m1/s1. The summed E-state index contributed by atoms with van der Waals surface area (Å²) in [5, 5.41) is 20.2. The van der Waals surface area contributed by atoms with Gasteiger partial charge in [0.15, 0.2) is 17.5 Å². The van der Waals surface area contributed by atoms with Gasteiger partial charge in [0.25, 0.3) is 5.91 Å². The van der Waals surface area contributed by atoms with Gasteiger partial charge in [0, 0.05) is 5.69 Å². The first-order chi connectivity index (χ1) is 12.7. The monoisotopic (exact) mass is 384 g/mol. The molecule has 8 nitrogen and oxygen atoms in total. The zero-order valence-electron chi connectivity index (χ0n) is 14.1. The first-order valence-electron chi connectivity index (χ1n) is 7.62. The van der Waals surface area contributed by atoms with Gasteiger partial charge in [-0.15, -0.1) is 0 Å². The van der Waals surface area contributed by atoms with Gasteiger partial charge < -0.3 is 21.3 Å². The van der Waals surface area contributed by atoms with Crippen molar-refractivity contribution in [2.75, 3.05) is 24.3 Å². The van der Waals surface area contributed by atoms with Crippen LogP contribution in [-0.4, -0.2) is 48.3 Å². The SMILES string of the molecule is Bc1cc(N)cnc1Nc1c(C(=O)NOC[C@H](O)CO)cc(F)c(F)c1F. The van der Waals surface area contributed by atoms with Crippen molar-refractivity contribution in [3.8, 4) is 0 Å². The number of hydrogen-bond donors (Lipinski definition) is 5. The van der Waals surface area contributed by atoms with E-state index in [1.807, 2.05) is 5.48 Å². The van der Waals surface area contributed by atoms with E-state index in [0.717, 1.165) is 0 Å². The van der Waals surface area contributed by atoms with Gasteiger partial charge in [-0.1, -0.05) is 0 Å². The molecule has 1 aromatic carbocycles.